The van der Waals surface area contributed by atoms with Crippen LogP contribution in [0.25, 0.3) is 10.2 Å². The predicted molar refractivity (Wildman–Crippen MR) is 114 cm³/mol. The first-order chi connectivity index (χ1) is 14.1. The molecular formula is C20H20N6O2S. The first-order valence-electron chi connectivity index (χ1n) is 9.29. The van der Waals surface area contributed by atoms with Crippen LogP contribution in [0.2, 0.25) is 0 Å². The Hall–Kier alpha value is -3.38. The molecule has 0 N–H and O–H groups in total. The number of benzene rings is 2. The molecule has 8 nitrogen and oxygen atoms in total. The zero-order valence-corrected chi connectivity index (χ0v) is 16.8. The van der Waals surface area contributed by atoms with Crippen molar-refractivity contribution in [1.82, 2.24) is 4.98 Å². The Bertz CT molecular complexity index is 1060. The zero-order chi connectivity index (χ0) is 20.6. The van der Waals surface area contributed by atoms with E-state index in [0.29, 0.717) is 34.0 Å². The quantitative estimate of drug-likeness (QED) is 0.240. The van der Waals surface area contributed by atoms with Crippen LogP contribution in [-0.2, 0) is 0 Å². The van der Waals surface area contributed by atoms with Gasteiger partial charge in [0, 0.05) is 30.9 Å². The average Bonchev–Trinajstić information content (AvgIpc) is 3.15. The van der Waals surface area contributed by atoms with Crippen molar-refractivity contribution in [1.29, 1.82) is 5.26 Å². The number of nitro groups is 1. The molecule has 1 aromatic heterocycles. The third-order valence-electron chi connectivity index (χ3n) is 4.31. The minimum Gasteiger partial charge on any atom is -0.371 e. The Kier molecular flexibility index (Phi) is 6.81. The lowest BCUT2D eigenvalue weighted by Gasteiger charge is -2.23. The van der Waals surface area contributed by atoms with E-state index >= 15 is 0 Å². The van der Waals surface area contributed by atoms with E-state index in [1.54, 1.807) is 6.07 Å². The summed E-state index contributed by atoms with van der Waals surface area (Å²) in [5, 5.41) is 28.6. The summed E-state index contributed by atoms with van der Waals surface area (Å²) in [6.07, 6.45) is 2.66. The Morgan fingerprint density at radius 3 is 2.69 bits per heavy atom. The zero-order valence-electron chi connectivity index (χ0n) is 16.0. The summed E-state index contributed by atoms with van der Waals surface area (Å²) in [4.78, 5) is 17.0. The third-order valence-corrected chi connectivity index (χ3v) is 5.21. The van der Waals surface area contributed by atoms with Crippen LogP contribution in [0, 0.1) is 21.4 Å². The van der Waals surface area contributed by atoms with Gasteiger partial charge in [-0.25, -0.2) is 4.98 Å². The number of anilines is 1. The van der Waals surface area contributed by atoms with Crippen molar-refractivity contribution in [2.45, 2.75) is 26.2 Å². The van der Waals surface area contributed by atoms with E-state index in [1.165, 1.54) is 23.5 Å². The number of aromatic nitrogens is 1. The molecule has 0 atom stereocenters. The highest BCUT2D eigenvalue weighted by atomic mass is 32.1. The molecule has 1 heterocycles. The fourth-order valence-corrected chi connectivity index (χ4v) is 3.61. The van der Waals surface area contributed by atoms with E-state index in [1.807, 2.05) is 24.3 Å². The Morgan fingerprint density at radius 1 is 1.21 bits per heavy atom. The van der Waals surface area contributed by atoms with Gasteiger partial charge >= 0.3 is 0 Å². The van der Waals surface area contributed by atoms with Gasteiger partial charge in [0.2, 0.25) is 5.13 Å². The van der Waals surface area contributed by atoms with Crippen LogP contribution >= 0.6 is 11.3 Å². The second-order valence-electron chi connectivity index (χ2n) is 6.37. The molecule has 29 heavy (non-hydrogen) atoms. The van der Waals surface area contributed by atoms with E-state index in [4.69, 9.17) is 5.26 Å². The lowest BCUT2D eigenvalue weighted by atomic mass is 10.2. The summed E-state index contributed by atoms with van der Waals surface area (Å²) in [6.45, 7) is 3.76. The maximum absolute atomic E-state index is 10.9. The number of rotatable bonds is 9. The number of thiazole rings is 1. The minimum absolute atomic E-state index is 0.0317. The van der Waals surface area contributed by atoms with Crippen LogP contribution in [-0.4, -0.2) is 23.0 Å². The highest BCUT2D eigenvalue weighted by Crippen LogP contribution is 2.32. The summed E-state index contributed by atoms with van der Waals surface area (Å²) in [7, 11) is 0. The number of hydrogen-bond donors (Lipinski definition) is 0. The van der Waals surface area contributed by atoms with Gasteiger partial charge in [-0.3, -0.25) is 10.1 Å². The van der Waals surface area contributed by atoms with E-state index < -0.39 is 4.92 Å². The summed E-state index contributed by atoms with van der Waals surface area (Å²) in [5.74, 6) is 0. The monoisotopic (exact) mass is 408 g/mol. The Morgan fingerprint density at radius 2 is 2.00 bits per heavy atom. The van der Waals surface area contributed by atoms with E-state index in [9.17, 15) is 10.1 Å². The normalized spacial score (nSPS) is 11.0. The van der Waals surface area contributed by atoms with Crippen molar-refractivity contribution in [2.75, 3.05) is 18.0 Å². The van der Waals surface area contributed by atoms with Crippen LogP contribution in [0.1, 0.15) is 26.2 Å². The number of nitro benzene ring substituents is 1. The maximum Gasteiger partial charge on any atom is 0.270 e. The summed E-state index contributed by atoms with van der Waals surface area (Å²) in [6, 6.07) is 14.4. The van der Waals surface area contributed by atoms with E-state index in [2.05, 4.69) is 33.1 Å². The van der Waals surface area contributed by atoms with Gasteiger partial charge < -0.3 is 4.90 Å². The summed E-state index contributed by atoms with van der Waals surface area (Å²) >= 11 is 1.26. The van der Waals surface area contributed by atoms with Gasteiger partial charge in [-0.2, -0.15) is 5.26 Å². The lowest BCUT2D eigenvalue weighted by molar-refractivity contribution is -0.384. The molecule has 3 aromatic rings. The van der Waals surface area contributed by atoms with E-state index in [-0.39, 0.29) is 5.69 Å². The van der Waals surface area contributed by atoms with Gasteiger partial charge in [0.05, 0.1) is 33.3 Å². The largest absolute Gasteiger partial charge is 0.371 e. The van der Waals surface area contributed by atoms with Crippen molar-refractivity contribution in [3.63, 3.8) is 0 Å². The van der Waals surface area contributed by atoms with Gasteiger partial charge in [0.15, 0.2) is 0 Å². The molecule has 0 saturated carbocycles. The third kappa shape index (κ3) is 5.33. The van der Waals surface area contributed by atoms with Gasteiger partial charge in [0.25, 0.3) is 5.69 Å². The van der Waals surface area contributed by atoms with Crippen LogP contribution < -0.4 is 4.90 Å². The molecule has 0 unspecified atom stereocenters. The van der Waals surface area contributed by atoms with Crippen LogP contribution in [0.15, 0.2) is 52.7 Å². The van der Waals surface area contributed by atoms with Gasteiger partial charge in [-0.15, -0.1) is 10.2 Å². The molecule has 2 aromatic carbocycles. The first-order valence-corrected chi connectivity index (χ1v) is 10.1. The second kappa shape index (κ2) is 9.71. The molecule has 9 heteroatoms. The lowest BCUT2D eigenvalue weighted by Crippen LogP contribution is -2.25. The molecule has 0 saturated heterocycles. The number of azo groups is 1. The van der Waals surface area contributed by atoms with Crippen molar-refractivity contribution in [2.24, 2.45) is 10.2 Å². The highest BCUT2D eigenvalue weighted by Gasteiger charge is 2.10. The number of fused-ring (bicyclic) bond motifs is 1. The fourth-order valence-electron chi connectivity index (χ4n) is 2.79. The van der Waals surface area contributed by atoms with Crippen LogP contribution in [0.3, 0.4) is 0 Å². The molecule has 0 aliphatic heterocycles. The smallest absolute Gasteiger partial charge is 0.270 e. The fraction of sp³-hybridized carbons (Fsp3) is 0.300. The number of hydrogen-bond acceptors (Lipinski definition) is 8. The number of nitriles is 1. The summed E-state index contributed by atoms with van der Waals surface area (Å²) < 4.78 is 0.701. The first kappa shape index (κ1) is 20.4. The van der Waals surface area contributed by atoms with Crippen molar-refractivity contribution >= 4 is 43.7 Å². The molecule has 0 fully saturated rings. The van der Waals surface area contributed by atoms with Crippen LogP contribution in [0.4, 0.5) is 22.2 Å². The molecule has 0 aliphatic rings. The topological polar surface area (TPSA) is 108 Å². The number of unbranched alkanes of at least 4 members (excludes halogenated alkanes) is 1. The predicted octanol–water partition coefficient (Wildman–Crippen LogP) is 6.14. The molecular weight excluding hydrogens is 388 g/mol. The standard InChI is InChI=1S/C20H20N6O2S/c1-2-3-12-25(13-4-11-21)16-7-5-15(6-8-16)23-24-20-22-18-10-9-17(26(27)28)14-19(18)29-20/h5-10,14H,2-4,12-13H2,1H3. The van der Waals surface area contributed by atoms with Gasteiger partial charge in [-0.05, 0) is 36.8 Å². The van der Waals surface area contributed by atoms with Crippen molar-refractivity contribution < 1.29 is 4.92 Å². The Balaban J connectivity index is 1.73. The maximum atomic E-state index is 10.9. The summed E-state index contributed by atoms with van der Waals surface area (Å²) in [5.41, 5.74) is 2.44. The minimum atomic E-state index is -0.428. The molecule has 0 bridgehead atoms. The van der Waals surface area contributed by atoms with E-state index in [0.717, 1.165) is 25.1 Å². The molecule has 0 amide bonds. The molecule has 0 spiro atoms. The van der Waals surface area contributed by atoms with Gasteiger partial charge in [0.1, 0.15) is 0 Å². The molecule has 148 valence electrons. The van der Waals surface area contributed by atoms with Gasteiger partial charge in [-0.1, -0.05) is 24.7 Å². The highest BCUT2D eigenvalue weighted by molar-refractivity contribution is 7.21. The Labute approximate surface area is 172 Å². The molecule has 0 aliphatic carbocycles. The number of nitrogens with zero attached hydrogens (tertiary/aromatic N) is 6. The SMILES string of the molecule is CCCCN(CCC#N)c1ccc(N=Nc2nc3ccc([N+](=O)[O-])cc3s2)cc1. The molecule has 0 radical (unpaired) electrons. The molecule has 3 rings (SSSR count). The van der Waals surface area contributed by atoms with Crippen LogP contribution in [0.5, 0.6) is 0 Å². The van der Waals surface area contributed by atoms with Crippen molar-refractivity contribution in [3.8, 4) is 6.07 Å². The average molecular weight is 408 g/mol. The van der Waals surface area contributed by atoms with Crippen molar-refractivity contribution in [3.05, 3.63) is 52.6 Å². The number of non-ortho nitro benzene ring substituents is 1. The second-order valence-corrected chi connectivity index (χ2v) is 7.38.